The molecule has 3 aromatic rings. The number of nitrogens with zero attached hydrogens (tertiary/aromatic N) is 4. The van der Waals surface area contributed by atoms with Crippen molar-refractivity contribution in [2.24, 2.45) is 0 Å². The topological polar surface area (TPSA) is 77.9 Å². The lowest BCUT2D eigenvalue weighted by Crippen LogP contribution is -2.31. The van der Waals surface area contributed by atoms with E-state index in [4.69, 9.17) is 9.62 Å². The minimum Gasteiger partial charge on any atom is -0.361 e. The van der Waals surface area contributed by atoms with Crippen LogP contribution >= 0.6 is 0 Å². The van der Waals surface area contributed by atoms with E-state index in [-0.39, 0.29) is 11.6 Å². The highest BCUT2D eigenvalue weighted by Crippen LogP contribution is 2.23. The zero-order chi connectivity index (χ0) is 18.1. The number of hydrogen-bond donors (Lipinski definition) is 1. The zero-order valence-electron chi connectivity index (χ0n) is 15.1. The number of benzene rings is 1. The minimum atomic E-state index is -0.128. The summed E-state index contributed by atoms with van der Waals surface area (Å²) in [4.78, 5) is 13.2. The van der Waals surface area contributed by atoms with E-state index in [0.717, 1.165) is 54.5 Å². The number of aryl methyl sites for hydroxylation is 2. The van der Waals surface area contributed by atoms with E-state index in [2.05, 4.69) is 10.5 Å². The smallest absolute Gasteiger partial charge is 0.350 e. The Kier molecular flexibility index (Phi) is 4.46. The number of nitrogens with one attached hydrogen (secondary N) is 1. The van der Waals surface area contributed by atoms with E-state index >= 15 is 0 Å². The van der Waals surface area contributed by atoms with Gasteiger partial charge < -0.3 is 9.84 Å². The summed E-state index contributed by atoms with van der Waals surface area (Å²) >= 11 is 0. The van der Waals surface area contributed by atoms with E-state index in [0.29, 0.717) is 6.54 Å². The first-order valence-electron chi connectivity index (χ1n) is 9.03. The summed E-state index contributed by atoms with van der Waals surface area (Å²) in [6, 6.07) is 9.73. The molecule has 0 spiro atoms. The SMILES string of the molecule is Cc1noc(C)c1Cn1nc(C2CCCNC2)n(-c2ccccc2)c1=O. The van der Waals surface area contributed by atoms with Gasteiger partial charge in [0.25, 0.3) is 0 Å². The van der Waals surface area contributed by atoms with Crippen molar-refractivity contribution in [3.8, 4) is 5.69 Å². The fourth-order valence-corrected chi connectivity index (χ4v) is 3.56. The largest absolute Gasteiger partial charge is 0.361 e. The first kappa shape index (κ1) is 16.8. The fourth-order valence-electron chi connectivity index (χ4n) is 3.56. The van der Waals surface area contributed by atoms with Crippen LogP contribution in [-0.4, -0.2) is 32.6 Å². The summed E-state index contributed by atoms with van der Waals surface area (Å²) in [5.41, 5.74) is 2.43. The summed E-state index contributed by atoms with van der Waals surface area (Å²) in [5.74, 6) is 1.77. The van der Waals surface area contributed by atoms with Crippen LogP contribution < -0.4 is 11.0 Å². The van der Waals surface area contributed by atoms with Crippen LogP contribution in [0, 0.1) is 13.8 Å². The molecule has 3 heterocycles. The fraction of sp³-hybridized carbons (Fsp3) is 0.421. The molecule has 7 heteroatoms. The molecule has 136 valence electrons. The number of aromatic nitrogens is 4. The Balaban J connectivity index is 1.81. The lowest BCUT2D eigenvalue weighted by atomic mass is 9.99. The van der Waals surface area contributed by atoms with E-state index in [1.807, 2.05) is 44.2 Å². The molecular weight excluding hydrogens is 330 g/mol. The van der Waals surface area contributed by atoms with Crippen molar-refractivity contribution in [3.63, 3.8) is 0 Å². The van der Waals surface area contributed by atoms with Crippen molar-refractivity contribution in [3.05, 3.63) is 63.7 Å². The van der Waals surface area contributed by atoms with Gasteiger partial charge in [-0.2, -0.15) is 5.10 Å². The normalized spacial score (nSPS) is 17.5. The number of piperidine rings is 1. The lowest BCUT2D eigenvalue weighted by molar-refractivity contribution is 0.391. The molecule has 1 aliphatic heterocycles. The predicted octanol–water partition coefficient (Wildman–Crippen LogP) is 2.15. The molecule has 1 aromatic carbocycles. The molecule has 0 bridgehead atoms. The Morgan fingerprint density at radius 3 is 2.73 bits per heavy atom. The molecular formula is C19H23N5O2. The molecule has 1 fully saturated rings. The number of para-hydroxylation sites is 1. The minimum absolute atomic E-state index is 0.128. The monoisotopic (exact) mass is 353 g/mol. The molecule has 4 rings (SSSR count). The van der Waals surface area contributed by atoms with Crippen molar-refractivity contribution in [1.82, 2.24) is 24.8 Å². The average Bonchev–Trinajstić information content (AvgIpc) is 3.17. The molecule has 1 unspecified atom stereocenters. The molecule has 0 amide bonds. The molecule has 1 aliphatic rings. The summed E-state index contributed by atoms with van der Waals surface area (Å²) < 4.78 is 8.51. The molecule has 7 nitrogen and oxygen atoms in total. The average molecular weight is 353 g/mol. The van der Waals surface area contributed by atoms with E-state index in [1.165, 1.54) is 4.68 Å². The van der Waals surface area contributed by atoms with E-state index in [9.17, 15) is 4.79 Å². The second-order valence-electron chi connectivity index (χ2n) is 6.82. The van der Waals surface area contributed by atoms with Crippen LogP contribution in [0.15, 0.2) is 39.6 Å². The summed E-state index contributed by atoms with van der Waals surface area (Å²) in [6.45, 7) is 5.98. The molecule has 2 aromatic heterocycles. The van der Waals surface area contributed by atoms with Crippen molar-refractivity contribution in [2.45, 2.75) is 39.2 Å². The molecule has 1 N–H and O–H groups in total. The first-order chi connectivity index (χ1) is 12.6. The third kappa shape index (κ3) is 2.99. The second-order valence-corrected chi connectivity index (χ2v) is 6.82. The van der Waals surface area contributed by atoms with Gasteiger partial charge in [-0.1, -0.05) is 23.4 Å². The highest BCUT2D eigenvalue weighted by Gasteiger charge is 2.25. The maximum absolute atomic E-state index is 13.2. The van der Waals surface area contributed by atoms with Crippen LogP contribution in [0.5, 0.6) is 0 Å². The van der Waals surface area contributed by atoms with Gasteiger partial charge in [-0.15, -0.1) is 0 Å². The Morgan fingerprint density at radius 2 is 2.08 bits per heavy atom. The third-order valence-corrected chi connectivity index (χ3v) is 5.03. The predicted molar refractivity (Wildman–Crippen MR) is 97.7 cm³/mol. The van der Waals surface area contributed by atoms with Gasteiger partial charge in [-0.05, 0) is 45.4 Å². The van der Waals surface area contributed by atoms with Gasteiger partial charge in [0.15, 0.2) is 0 Å². The molecule has 0 saturated carbocycles. The Hall–Kier alpha value is -2.67. The summed E-state index contributed by atoms with van der Waals surface area (Å²) in [6.07, 6.45) is 2.12. The van der Waals surface area contributed by atoms with Crippen LogP contribution in [0.1, 0.15) is 41.6 Å². The third-order valence-electron chi connectivity index (χ3n) is 5.03. The van der Waals surface area contributed by atoms with Crippen LogP contribution in [-0.2, 0) is 6.54 Å². The van der Waals surface area contributed by atoms with Crippen LogP contribution in [0.25, 0.3) is 5.69 Å². The molecule has 1 atom stereocenters. The Labute approximate surface area is 151 Å². The number of rotatable bonds is 4. The molecule has 1 saturated heterocycles. The highest BCUT2D eigenvalue weighted by atomic mass is 16.5. The van der Waals surface area contributed by atoms with Gasteiger partial charge >= 0.3 is 5.69 Å². The van der Waals surface area contributed by atoms with Gasteiger partial charge in [0.05, 0.1) is 17.9 Å². The Morgan fingerprint density at radius 1 is 1.27 bits per heavy atom. The second kappa shape index (κ2) is 6.92. The quantitative estimate of drug-likeness (QED) is 0.778. The lowest BCUT2D eigenvalue weighted by Gasteiger charge is -2.22. The van der Waals surface area contributed by atoms with E-state index in [1.54, 1.807) is 4.57 Å². The maximum atomic E-state index is 13.2. The molecule has 26 heavy (non-hydrogen) atoms. The highest BCUT2D eigenvalue weighted by molar-refractivity contribution is 5.33. The van der Waals surface area contributed by atoms with Crippen molar-refractivity contribution < 1.29 is 4.52 Å². The maximum Gasteiger partial charge on any atom is 0.350 e. The van der Waals surface area contributed by atoms with E-state index < -0.39 is 0 Å². The summed E-state index contributed by atoms with van der Waals surface area (Å²) in [5, 5.41) is 12.1. The van der Waals surface area contributed by atoms with Gasteiger partial charge in [-0.25, -0.2) is 14.0 Å². The number of hydrogen-bond acceptors (Lipinski definition) is 5. The molecule has 0 aliphatic carbocycles. The zero-order valence-corrected chi connectivity index (χ0v) is 15.1. The van der Waals surface area contributed by atoms with Gasteiger partial charge in [0.1, 0.15) is 11.6 Å². The van der Waals surface area contributed by atoms with Crippen LogP contribution in [0.4, 0.5) is 0 Å². The van der Waals surface area contributed by atoms with Crippen molar-refractivity contribution in [2.75, 3.05) is 13.1 Å². The van der Waals surface area contributed by atoms with Crippen molar-refractivity contribution >= 4 is 0 Å². The Bertz CT molecular complexity index is 929. The van der Waals surface area contributed by atoms with Gasteiger partial charge in [0, 0.05) is 18.0 Å². The van der Waals surface area contributed by atoms with Crippen LogP contribution in [0.2, 0.25) is 0 Å². The van der Waals surface area contributed by atoms with Gasteiger partial charge in [0.2, 0.25) is 0 Å². The van der Waals surface area contributed by atoms with Crippen LogP contribution in [0.3, 0.4) is 0 Å². The van der Waals surface area contributed by atoms with Gasteiger partial charge in [-0.3, -0.25) is 0 Å². The van der Waals surface area contributed by atoms with Crippen molar-refractivity contribution in [1.29, 1.82) is 0 Å². The first-order valence-corrected chi connectivity index (χ1v) is 9.03. The molecule has 0 radical (unpaired) electrons. The standard InChI is InChI=1S/C19H23N5O2/c1-13-17(14(2)26-22-13)12-23-19(25)24(16-8-4-3-5-9-16)18(21-23)15-7-6-10-20-11-15/h3-5,8-9,15,20H,6-7,10-12H2,1-2H3. The summed E-state index contributed by atoms with van der Waals surface area (Å²) in [7, 11) is 0.